The molecule has 7 nitrogen and oxygen atoms in total. The summed E-state index contributed by atoms with van der Waals surface area (Å²) in [7, 11) is -4.67. The highest BCUT2D eigenvalue weighted by molar-refractivity contribution is 7.79. The number of benzene rings is 1. The van der Waals surface area contributed by atoms with Crippen LogP contribution in [0.15, 0.2) is 18.2 Å². The zero-order chi connectivity index (χ0) is 12.2. The minimum Gasteiger partial charge on any atom is -0.508 e. The molecule has 8 heteroatoms. The molecule has 0 aliphatic carbocycles. The molecule has 0 radical (unpaired) electrons. The molecule has 0 atom stereocenters. The lowest BCUT2D eigenvalue weighted by Crippen LogP contribution is -2.17. The van der Waals surface area contributed by atoms with E-state index in [2.05, 4.69) is 5.32 Å². The first-order valence-corrected chi connectivity index (χ1v) is 5.65. The number of anilines is 1. The normalized spacial score (nSPS) is 13.6. The predicted molar refractivity (Wildman–Crippen MR) is 56.3 cm³/mol. The van der Waals surface area contributed by atoms with Gasteiger partial charge in [-0.05, 0) is 12.1 Å². The van der Waals surface area contributed by atoms with Gasteiger partial charge in [-0.3, -0.25) is 9.11 Å². The predicted octanol–water partition coefficient (Wildman–Crippen LogP) is 0.544. The van der Waals surface area contributed by atoms with Crippen molar-refractivity contribution in [2.75, 3.05) is 18.5 Å². The Hall–Kier alpha value is -1.51. The highest BCUT2D eigenvalue weighted by Crippen LogP contribution is 2.30. The Bertz CT molecular complexity index is 450. The van der Waals surface area contributed by atoms with Gasteiger partial charge in [0.2, 0.25) is 0 Å². The zero-order valence-corrected chi connectivity index (χ0v) is 8.94. The van der Waals surface area contributed by atoms with E-state index in [0.717, 1.165) is 18.0 Å². The molecule has 1 aromatic carbocycles. The minimum atomic E-state index is -4.67. The zero-order valence-electron chi connectivity index (χ0n) is 8.12. The molecule has 0 saturated carbocycles. The number of fused-ring (bicyclic) bond motifs is 1. The summed E-state index contributed by atoms with van der Waals surface area (Å²) >= 11 is 0. The van der Waals surface area contributed by atoms with E-state index in [9.17, 15) is 0 Å². The first-order valence-electron chi connectivity index (χ1n) is 4.26. The van der Waals surface area contributed by atoms with Crippen molar-refractivity contribution >= 4 is 16.1 Å². The molecular formula is C8H11NO6S. The van der Waals surface area contributed by atoms with Gasteiger partial charge in [0.1, 0.15) is 18.1 Å². The van der Waals surface area contributed by atoms with Crippen molar-refractivity contribution in [3.8, 4) is 11.5 Å². The number of aromatic hydroxyl groups is 1. The summed E-state index contributed by atoms with van der Waals surface area (Å²) < 4.78 is 36.9. The number of hydrogen-bond donors (Lipinski definition) is 4. The standard InChI is InChI=1S/C8H9NO2.H2O4S/c10-6-1-2-8-7(5-6)9-3-4-11-8;1-5(2,3)4/h1-2,5,9-10H,3-4H2;(H2,1,2,3,4). The monoisotopic (exact) mass is 249 g/mol. The van der Waals surface area contributed by atoms with Gasteiger partial charge in [0.25, 0.3) is 0 Å². The van der Waals surface area contributed by atoms with Crippen molar-refractivity contribution in [2.24, 2.45) is 0 Å². The van der Waals surface area contributed by atoms with E-state index in [1.165, 1.54) is 0 Å². The molecule has 0 bridgehead atoms. The van der Waals surface area contributed by atoms with Crippen LogP contribution in [0.5, 0.6) is 11.5 Å². The Morgan fingerprint density at radius 1 is 1.31 bits per heavy atom. The van der Waals surface area contributed by atoms with Crippen LogP contribution in [0.1, 0.15) is 0 Å². The summed E-state index contributed by atoms with van der Waals surface area (Å²) in [5, 5.41) is 12.2. The van der Waals surface area contributed by atoms with Gasteiger partial charge in [-0.25, -0.2) is 0 Å². The Labute approximate surface area is 92.3 Å². The fraction of sp³-hybridized carbons (Fsp3) is 0.250. The summed E-state index contributed by atoms with van der Waals surface area (Å²) in [5.74, 6) is 1.08. The summed E-state index contributed by atoms with van der Waals surface area (Å²) in [6.45, 7) is 1.49. The van der Waals surface area contributed by atoms with Crippen LogP contribution in [0.3, 0.4) is 0 Å². The van der Waals surface area contributed by atoms with Gasteiger partial charge in [0, 0.05) is 12.6 Å². The molecule has 1 heterocycles. The molecule has 1 aromatic rings. The van der Waals surface area contributed by atoms with E-state index in [0.29, 0.717) is 6.61 Å². The number of rotatable bonds is 0. The van der Waals surface area contributed by atoms with Gasteiger partial charge in [0.05, 0.1) is 5.69 Å². The summed E-state index contributed by atoms with van der Waals surface area (Å²) in [6, 6.07) is 5.04. The maximum Gasteiger partial charge on any atom is 0.394 e. The molecule has 0 spiro atoms. The number of phenols is 1. The van der Waals surface area contributed by atoms with E-state index >= 15 is 0 Å². The Morgan fingerprint density at radius 3 is 2.56 bits per heavy atom. The third kappa shape index (κ3) is 4.82. The minimum absolute atomic E-state index is 0.266. The molecule has 0 aromatic heterocycles. The SMILES string of the molecule is O=S(=O)(O)O.Oc1ccc2c(c1)NCCO2. The van der Waals surface area contributed by atoms with E-state index in [1.807, 2.05) is 0 Å². The Morgan fingerprint density at radius 2 is 1.94 bits per heavy atom. The topological polar surface area (TPSA) is 116 Å². The van der Waals surface area contributed by atoms with Gasteiger partial charge in [-0.2, -0.15) is 8.42 Å². The molecule has 0 unspecified atom stereocenters. The highest BCUT2D eigenvalue weighted by Gasteiger charge is 2.08. The molecule has 90 valence electrons. The van der Waals surface area contributed by atoms with Crippen molar-refractivity contribution in [3.63, 3.8) is 0 Å². The highest BCUT2D eigenvalue weighted by atomic mass is 32.3. The van der Waals surface area contributed by atoms with E-state index in [-0.39, 0.29) is 5.75 Å². The molecule has 16 heavy (non-hydrogen) atoms. The second-order valence-corrected chi connectivity index (χ2v) is 3.80. The van der Waals surface area contributed by atoms with Gasteiger partial charge >= 0.3 is 10.4 Å². The molecule has 0 amide bonds. The van der Waals surface area contributed by atoms with Crippen LogP contribution < -0.4 is 10.1 Å². The van der Waals surface area contributed by atoms with Gasteiger partial charge < -0.3 is 15.2 Å². The van der Waals surface area contributed by atoms with Crippen molar-refractivity contribution in [1.29, 1.82) is 0 Å². The lowest BCUT2D eigenvalue weighted by molar-refractivity contribution is 0.322. The lowest BCUT2D eigenvalue weighted by Gasteiger charge is -2.18. The van der Waals surface area contributed by atoms with Gasteiger partial charge in [0.15, 0.2) is 0 Å². The van der Waals surface area contributed by atoms with Crippen LogP contribution in [0, 0.1) is 0 Å². The van der Waals surface area contributed by atoms with Crippen LogP contribution in [0.2, 0.25) is 0 Å². The quantitative estimate of drug-likeness (QED) is 0.496. The fourth-order valence-electron chi connectivity index (χ4n) is 1.13. The van der Waals surface area contributed by atoms with Gasteiger partial charge in [-0.15, -0.1) is 0 Å². The van der Waals surface area contributed by atoms with Crippen molar-refractivity contribution in [2.45, 2.75) is 0 Å². The van der Waals surface area contributed by atoms with Crippen LogP contribution in [-0.2, 0) is 10.4 Å². The lowest BCUT2D eigenvalue weighted by atomic mass is 10.2. The third-order valence-electron chi connectivity index (χ3n) is 1.64. The number of phenolic OH excluding ortho intramolecular Hbond substituents is 1. The van der Waals surface area contributed by atoms with Crippen LogP contribution >= 0.6 is 0 Å². The molecule has 1 aliphatic heterocycles. The second kappa shape index (κ2) is 5.01. The third-order valence-corrected chi connectivity index (χ3v) is 1.64. The summed E-state index contributed by atoms with van der Waals surface area (Å²) in [6.07, 6.45) is 0. The molecule has 0 saturated heterocycles. The van der Waals surface area contributed by atoms with Crippen molar-refractivity contribution < 1.29 is 27.4 Å². The van der Waals surface area contributed by atoms with E-state index in [1.54, 1.807) is 18.2 Å². The second-order valence-electron chi connectivity index (χ2n) is 2.90. The number of ether oxygens (including phenoxy) is 1. The largest absolute Gasteiger partial charge is 0.508 e. The van der Waals surface area contributed by atoms with Crippen molar-refractivity contribution in [3.05, 3.63) is 18.2 Å². The van der Waals surface area contributed by atoms with Crippen molar-refractivity contribution in [1.82, 2.24) is 0 Å². The summed E-state index contributed by atoms with van der Waals surface area (Å²) in [5.41, 5.74) is 0.872. The number of hydrogen-bond acceptors (Lipinski definition) is 5. The molecule has 1 aliphatic rings. The first kappa shape index (κ1) is 12.6. The molecule has 2 rings (SSSR count). The van der Waals surface area contributed by atoms with Crippen LogP contribution in [0.25, 0.3) is 0 Å². The average molecular weight is 249 g/mol. The van der Waals surface area contributed by atoms with Crippen LogP contribution in [0.4, 0.5) is 5.69 Å². The molecular weight excluding hydrogens is 238 g/mol. The molecule has 0 fully saturated rings. The Kier molecular flexibility index (Phi) is 3.93. The fourth-order valence-corrected chi connectivity index (χ4v) is 1.13. The summed E-state index contributed by atoms with van der Waals surface area (Å²) in [4.78, 5) is 0. The molecule has 4 N–H and O–H groups in total. The van der Waals surface area contributed by atoms with Crippen LogP contribution in [-0.4, -0.2) is 35.8 Å². The first-order chi connectivity index (χ1) is 7.36. The maximum absolute atomic E-state index is 9.09. The Balaban J connectivity index is 0.000000221. The van der Waals surface area contributed by atoms with E-state index in [4.69, 9.17) is 27.4 Å². The average Bonchev–Trinajstić information content (AvgIpc) is 2.15. The van der Waals surface area contributed by atoms with Gasteiger partial charge in [-0.1, -0.05) is 0 Å². The smallest absolute Gasteiger partial charge is 0.394 e. The van der Waals surface area contributed by atoms with E-state index < -0.39 is 10.4 Å². The maximum atomic E-state index is 9.09. The number of nitrogens with one attached hydrogen (secondary N) is 1.